The number of hydrogen-bond donors (Lipinski definition) is 1. The fraction of sp³-hybridized carbons (Fsp3) is 0.333. The van der Waals surface area contributed by atoms with Crippen LogP contribution in [0.25, 0.3) is 0 Å². The summed E-state index contributed by atoms with van der Waals surface area (Å²) in [7, 11) is 0. The van der Waals surface area contributed by atoms with Crippen LogP contribution < -0.4 is 0 Å². The maximum atomic E-state index is 11.1. The van der Waals surface area contributed by atoms with Crippen molar-refractivity contribution < 1.29 is 8.78 Å². The minimum Gasteiger partial charge on any atom is -0.282 e. The van der Waals surface area contributed by atoms with Gasteiger partial charge in [0.1, 0.15) is 0 Å². The zero-order valence-corrected chi connectivity index (χ0v) is 3.49. The molecule has 0 aliphatic heterocycles. The fourth-order valence-corrected chi connectivity index (χ4v) is 0.0690. The highest BCUT2D eigenvalue weighted by Gasteiger charge is 2.05. The summed E-state index contributed by atoms with van der Waals surface area (Å²) in [6, 6.07) is 0. The lowest BCUT2D eigenvalue weighted by Gasteiger charge is -1.88. The highest BCUT2D eigenvalue weighted by molar-refractivity contribution is 5.85. The Morgan fingerprint density at radius 2 is 2.14 bits per heavy atom. The lowest BCUT2D eigenvalue weighted by atomic mass is 10.6. The van der Waals surface area contributed by atoms with Crippen LogP contribution in [0.15, 0.2) is 4.99 Å². The smallest absolute Gasteiger partial charge is 0.282 e. The summed E-state index contributed by atoms with van der Waals surface area (Å²) < 4.78 is 22.1. The van der Waals surface area contributed by atoms with Gasteiger partial charge in [0.15, 0.2) is 5.84 Å². The molecule has 0 aliphatic carbocycles. The van der Waals surface area contributed by atoms with E-state index in [9.17, 15) is 8.78 Å². The molecule has 0 radical (unpaired) electrons. The molecule has 0 saturated carbocycles. The second-order valence-corrected chi connectivity index (χ2v) is 0.844. The van der Waals surface area contributed by atoms with Crippen LogP contribution in [0.3, 0.4) is 0 Å². The molecule has 0 rings (SSSR count). The minimum absolute atomic E-state index is 0.972. The van der Waals surface area contributed by atoms with Crippen LogP contribution in [-0.2, 0) is 0 Å². The molecule has 0 bridgehead atoms. The Labute approximate surface area is 39.4 Å². The van der Waals surface area contributed by atoms with Crippen LogP contribution in [0.4, 0.5) is 8.78 Å². The second kappa shape index (κ2) is 2.39. The van der Waals surface area contributed by atoms with E-state index >= 15 is 0 Å². The summed E-state index contributed by atoms with van der Waals surface area (Å²) in [4.78, 5) is 2.67. The van der Waals surface area contributed by atoms with Crippen LogP contribution >= 0.6 is 0 Å². The summed E-state index contributed by atoms with van der Waals surface area (Å²) in [6.45, 7) is 2.73. The molecular formula is C3H4F2N2. The van der Waals surface area contributed by atoms with E-state index < -0.39 is 12.3 Å². The van der Waals surface area contributed by atoms with Gasteiger partial charge >= 0.3 is 0 Å². The van der Waals surface area contributed by atoms with Crippen molar-refractivity contribution in [1.29, 1.82) is 5.41 Å². The molecule has 0 amide bonds. The Morgan fingerprint density at radius 3 is 2.14 bits per heavy atom. The van der Waals surface area contributed by atoms with E-state index in [-0.39, 0.29) is 0 Å². The number of aliphatic imine (C=N–C) groups is 1. The van der Waals surface area contributed by atoms with Crippen molar-refractivity contribution in [2.45, 2.75) is 6.43 Å². The lowest BCUT2D eigenvalue weighted by Crippen LogP contribution is -2.03. The molecule has 0 fully saturated rings. The molecule has 0 atom stereocenters. The third-order valence-electron chi connectivity index (χ3n) is 0.377. The van der Waals surface area contributed by atoms with E-state index in [1.54, 1.807) is 0 Å². The van der Waals surface area contributed by atoms with Gasteiger partial charge in [-0.15, -0.1) is 0 Å². The van der Waals surface area contributed by atoms with E-state index in [1.807, 2.05) is 0 Å². The van der Waals surface area contributed by atoms with Gasteiger partial charge in [0, 0.05) is 0 Å². The minimum atomic E-state index is -2.78. The highest BCUT2D eigenvalue weighted by atomic mass is 19.3. The molecule has 0 unspecified atom stereocenters. The maximum absolute atomic E-state index is 11.1. The van der Waals surface area contributed by atoms with Gasteiger partial charge in [-0.3, -0.25) is 5.41 Å². The van der Waals surface area contributed by atoms with E-state index in [0.717, 1.165) is 0 Å². The van der Waals surface area contributed by atoms with Gasteiger partial charge in [-0.2, -0.15) is 0 Å². The van der Waals surface area contributed by atoms with E-state index in [2.05, 4.69) is 11.7 Å². The average molecular weight is 106 g/mol. The first-order valence-electron chi connectivity index (χ1n) is 1.51. The van der Waals surface area contributed by atoms with Crippen LogP contribution in [0.5, 0.6) is 0 Å². The summed E-state index contributed by atoms with van der Waals surface area (Å²) >= 11 is 0. The van der Waals surface area contributed by atoms with Gasteiger partial charge in [0.2, 0.25) is 0 Å². The van der Waals surface area contributed by atoms with E-state index in [4.69, 9.17) is 5.41 Å². The third kappa shape index (κ3) is 1.97. The van der Waals surface area contributed by atoms with Crippen molar-refractivity contribution in [3.8, 4) is 0 Å². The number of hydrogen-bond acceptors (Lipinski definition) is 1. The highest BCUT2D eigenvalue weighted by Crippen LogP contribution is 1.92. The third-order valence-corrected chi connectivity index (χ3v) is 0.377. The van der Waals surface area contributed by atoms with Gasteiger partial charge in [-0.25, -0.2) is 13.8 Å². The van der Waals surface area contributed by atoms with Crippen LogP contribution in [0, 0.1) is 5.41 Å². The molecule has 0 aliphatic rings. The number of rotatable bonds is 1. The Morgan fingerprint density at radius 1 is 1.71 bits per heavy atom. The fourth-order valence-electron chi connectivity index (χ4n) is 0.0690. The van der Waals surface area contributed by atoms with Crippen molar-refractivity contribution in [1.82, 2.24) is 0 Å². The predicted molar refractivity (Wildman–Crippen MR) is 23.3 cm³/mol. The Balaban J connectivity index is 3.56. The van der Waals surface area contributed by atoms with Crippen LogP contribution in [0.2, 0.25) is 0 Å². The van der Waals surface area contributed by atoms with Crippen molar-refractivity contribution >= 4 is 12.6 Å². The van der Waals surface area contributed by atoms with Crippen molar-refractivity contribution in [3.05, 3.63) is 0 Å². The Hall–Kier alpha value is -0.800. The first-order chi connectivity index (χ1) is 3.18. The lowest BCUT2D eigenvalue weighted by molar-refractivity contribution is 0.223. The van der Waals surface area contributed by atoms with Gasteiger partial charge in [0.05, 0.1) is 0 Å². The average Bonchev–Trinajstić information content (AvgIpc) is 1.65. The normalized spacial score (nSPS) is 9.00. The number of alkyl halides is 2. The molecular weight excluding hydrogens is 102 g/mol. The standard InChI is InChI=1S/C3H4F2N2/c1-7-3(6)2(4)5/h2,6H,1H2. The maximum Gasteiger partial charge on any atom is 0.296 e. The van der Waals surface area contributed by atoms with Crippen molar-refractivity contribution in [3.63, 3.8) is 0 Å². The first kappa shape index (κ1) is 6.20. The Kier molecular flexibility index (Phi) is 2.11. The SMILES string of the molecule is C=NC(=N)C(F)F. The second-order valence-electron chi connectivity index (χ2n) is 0.844. The number of nitrogens with one attached hydrogen (secondary N) is 1. The summed E-state index contributed by atoms with van der Waals surface area (Å²) in [5.41, 5.74) is 0. The molecule has 4 heteroatoms. The summed E-state index contributed by atoms with van der Waals surface area (Å²) in [5, 5.41) is 6.21. The van der Waals surface area contributed by atoms with Gasteiger partial charge in [0.25, 0.3) is 6.43 Å². The number of halogens is 2. The van der Waals surface area contributed by atoms with Gasteiger partial charge in [-0.05, 0) is 6.72 Å². The zero-order chi connectivity index (χ0) is 5.86. The van der Waals surface area contributed by atoms with E-state index in [0.29, 0.717) is 0 Å². The van der Waals surface area contributed by atoms with Gasteiger partial charge < -0.3 is 0 Å². The van der Waals surface area contributed by atoms with E-state index in [1.165, 1.54) is 0 Å². The molecule has 40 valence electrons. The molecule has 0 aromatic heterocycles. The largest absolute Gasteiger partial charge is 0.296 e. The number of amidine groups is 1. The zero-order valence-electron chi connectivity index (χ0n) is 3.49. The molecule has 0 spiro atoms. The summed E-state index contributed by atoms with van der Waals surface area (Å²) in [6.07, 6.45) is -2.78. The van der Waals surface area contributed by atoms with Gasteiger partial charge in [-0.1, -0.05) is 0 Å². The van der Waals surface area contributed by atoms with Crippen molar-refractivity contribution in [2.75, 3.05) is 0 Å². The van der Waals surface area contributed by atoms with Crippen molar-refractivity contribution in [2.24, 2.45) is 4.99 Å². The molecule has 0 saturated heterocycles. The quantitative estimate of drug-likeness (QED) is 0.381. The Bertz CT molecular complexity index is 88.9. The summed E-state index contributed by atoms with van der Waals surface area (Å²) in [5.74, 6) is -0.972. The van der Waals surface area contributed by atoms with Crippen LogP contribution in [0.1, 0.15) is 0 Å². The molecule has 0 heterocycles. The predicted octanol–water partition coefficient (Wildman–Crippen LogP) is 0.929. The van der Waals surface area contributed by atoms with Crippen LogP contribution in [-0.4, -0.2) is 19.0 Å². The molecule has 7 heavy (non-hydrogen) atoms. The molecule has 2 nitrogen and oxygen atoms in total. The number of nitrogens with zero attached hydrogens (tertiary/aromatic N) is 1. The monoisotopic (exact) mass is 106 g/mol. The molecule has 0 aromatic rings. The first-order valence-corrected chi connectivity index (χ1v) is 1.51. The molecule has 1 N–H and O–H groups in total. The topological polar surface area (TPSA) is 36.2 Å². The molecule has 0 aromatic carbocycles.